The third kappa shape index (κ3) is 14.0. The Kier molecular flexibility index (Phi) is 13.0. The minimum Gasteiger partial charge on any atom is -0.379 e. The average Bonchev–Trinajstić information content (AvgIpc) is 2.25. The summed E-state index contributed by atoms with van der Waals surface area (Å²) in [7, 11) is 0. The molecular formula is C15H31O. The Balaban J connectivity index is 2.88. The maximum atomic E-state index is 5.40. The molecule has 0 saturated carbocycles. The first kappa shape index (κ1) is 16.0. The van der Waals surface area contributed by atoms with Gasteiger partial charge in [0.1, 0.15) is 0 Å². The molecule has 1 nitrogen and oxygen atoms in total. The molecular weight excluding hydrogens is 196 g/mol. The van der Waals surface area contributed by atoms with Crippen LogP contribution < -0.4 is 0 Å². The lowest BCUT2D eigenvalue weighted by Gasteiger charge is -2.06. The van der Waals surface area contributed by atoms with Crippen molar-refractivity contribution in [3.05, 3.63) is 6.92 Å². The second-order valence-corrected chi connectivity index (χ2v) is 4.86. The number of hydrogen-bond acceptors (Lipinski definition) is 1. The lowest BCUT2D eigenvalue weighted by molar-refractivity contribution is 0.0921. The molecule has 0 aromatic carbocycles. The maximum Gasteiger partial charge on any atom is 0.0547 e. The zero-order valence-electron chi connectivity index (χ0n) is 11.5. The van der Waals surface area contributed by atoms with Gasteiger partial charge >= 0.3 is 0 Å². The van der Waals surface area contributed by atoms with Crippen LogP contribution >= 0.6 is 0 Å². The van der Waals surface area contributed by atoms with E-state index in [1.165, 1.54) is 64.2 Å². The predicted molar refractivity (Wildman–Crippen MR) is 72.6 cm³/mol. The molecule has 0 fully saturated rings. The zero-order valence-corrected chi connectivity index (χ0v) is 11.5. The van der Waals surface area contributed by atoms with Gasteiger partial charge in [-0.2, -0.15) is 0 Å². The second kappa shape index (κ2) is 13.0. The Hall–Kier alpha value is -0.0400. The molecule has 1 heteroatoms. The molecule has 0 bridgehead atoms. The van der Waals surface area contributed by atoms with Crippen LogP contribution in [-0.4, -0.2) is 12.7 Å². The second-order valence-electron chi connectivity index (χ2n) is 4.86. The molecule has 1 radical (unpaired) electrons. The van der Waals surface area contributed by atoms with Crippen LogP contribution in [0.15, 0.2) is 0 Å². The van der Waals surface area contributed by atoms with Crippen molar-refractivity contribution in [2.24, 2.45) is 0 Å². The topological polar surface area (TPSA) is 9.23 Å². The molecule has 0 spiro atoms. The molecule has 0 aliphatic rings. The van der Waals surface area contributed by atoms with Gasteiger partial charge in [0.15, 0.2) is 0 Å². The third-order valence-electron chi connectivity index (χ3n) is 2.90. The summed E-state index contributed by atoms with van der Waals surface area (Å²) in [6, 6.07) is 0. The summed E-state index contributed by atoms with van der Waals surface area (Å²) in [6.07, 6.45) is 14.0. The van der Waals surface area contributed by atoms with E-state index in [2.05, 4.69) is 13.8 Å². The van der Waals surface area contributed by atoms with Gasteiger partial charge in [0.05, 0.1) is 6.10 Å². The van der Waals surface area contributed by atoms with E-state index in [0.717, 1.165) is 6.61 Å². The SMILES string of the molecule is [CH2]C(C)OCCCCCCCCCCCC. The minimum atomic E-state index is 0.151. The summed E-state index contributed by atoms with van der Waals surface area (Å²) in [5, 5.41) is 0. The highest BCUT2D eigenvalue weighted by atomic mass is 16.5. The number of ether oxygens (including phenoxy) is 1. The van der Waals surface area contributed by atoms with Gasteiger partial charge in [-0.3, -0.25) is 0 Å². The van der Waals surface area contributed by atoms with E-state index in [1.807, 2.05) is 6.92 Å². The van der Waals surface area contributed by atoms with Crippen LogP contribution in [0.5, 0.6) is 0 Å². The van der Waals surface area contributed by atoms with E-state index in [9.17, 15) is 0 Å². The van der Waals surface area contributed by atoms with Crippen LogP contribution in [0, 0.1) is 6.92 Å². The Morgan fingerprint density at radius 3 is 1.69 bits per heavy atom. The molecule has 0 aliphatic carbocycles. The summed E-state index contributed by atoms with van der Waals surface area (Å²) < 4.78 is 5.40. The Morgan fingerprint density at radius 1 is 0.812 bits per heavy atom. The van der Waals surface area contributed by atoms with E-state index in [4.69, 9.17) is 4.74 Å². The largest absolute Gasteiger partial charge is 0.379 e. The molecule has 0 amide bonds. The van der Waals surface area contributed by atoms with Crippen LogP contribution in [0.3, 0.4) is 0 Å². The molecule has 0 aliphatic heterocycles. The third-order valence-corrected chi connectivity index (χ3v) is 2.90. The normalized spacial score (nSPS) is 11.2. The van der Waals surface area contributed by atoms with Crippen molar-refractivity contribution >= 4 is 0 Å². The predicted octanol–water partition coefficient (Wildman–Crippen LogP) is 5.15. The molecule has 0 aromatic heterocycles. The van der Waals surface area contributed by atoms with E-state index < -0.39 is 0 Å². The van der Waals surface area contributed by atoms with Gasteiger partial charge in [-0.1, -0.05) is 64.7 Å². The molecule has 1 atom stereocenters. The van der Waals surface area contributed by atoms with Crippen molar-refractivity contribution in [1.82, 2.24) is 0 Å². The van der Waals surface area contributed by atoms with Crippen molar-refractivity contribution in [1.29, 1.82) is 0 Å². The van der Waals surface area contributed by atoms with Gasteiger partial charge in [0, 0.05) is 6.61 Å². The molecule has 0 aromatic rings. The van der Waals surface area contributed by atoms with Crippen LogP contribution in [0.25, 0.3) is 0 Å². The Labute approximate surface area is 103 Å². The average molecular weight is 227 g/mol. The highest BCUT2D eigenvalue weighted by Crippen LogP contribution is 2.10. The van der Waals surface area contributed by atoms with Crippen LogP contribution in [-0.2, 0) is 4.74 Å². The molecule has 97 valence electrons. The smallest absolute Gasteiger partial charge is 0.0547 e. The van der Waals surface area contributed by atoms with Crippen molar-refractivity contribution in [3.63, 3.8) is 0 Å². The van der Waals surface area contributed by atoms with Gasteiger partial charge < -0.3 is 4.74 Å². The fourth-order valence-electron chi connectivity index (χ4n) is 1.87. The van der Waals surface area contributed by atoms with Crippen molar-refractivity contribution in [2.45, 2.75) is 84.2 Å². The van der Waals surface area contributed by atoms with Gasteiger partial charge in [0.25, 0.3) is 0 Å². The van der Waals surface area contributed by atoms with E-state index in [-0.39, 0.29) is 6.10 Å². The summed E-state index contributed by atoms with van der Waals surface area (Å²) in [5.41, 5.74) is 0. The van der Waals surface area contributed by atoms with Gasteiger partial charge in [-0.05, 0) is 20.3 Å². The first-order valence-electron chi connectivity index (χ1n) is 7.22. The summed E-state index contributed by atoms with van der Waals surface area (Å²) in [6.45, 7) is 8.96. The Bertz CT molecular complexity index is 121. The first-order valence-corrected chi connectivity index (χ1v) is 7.22. The number of unbranched alkanes of at least 4 members (excludes halogenated alkanes) is 9. The molecule has 0 rings (SSSR count). The standard InChI is InChI=1S/C15H31O/c1-4-5-6-7-8-9-10-11-12-13-14-16-15(2)3/h15H,2,4-14H2,1,3H3. The monoisotopic (exact) mass is 227 g/mol. The van der Waals surface area contributed by atoms with Crippen molar-refractivity contribution < 1.29 is 4.74 Å². The van der Waals surface area contributed by atoms with Crippen LogP contribution in [0.2, 0.25) is 0 Å². The highest BCUT2D eigenvalue weighted by molar-refractivity contribution is 4.51. The summed E-state index contributed by atoms with van der Waals surface area (Å²) in [4.78, 5) is 0. The zero-order chi connectivity index (χ0) is 12.1. The van der Waals surface area contributed by atoms with Crippen molar-refractivity contribution in [3.8, 4) is 0 Å². The molecule has 0 N–H and O–H groups in total. The fourth-order valence-corrected chi connectivity index (χ4v) is 1.87. The summed E-state index contributed by atoms with van der Waals surface area (Å²) in [5.74, 6) is 0. The molecule has 1 unspecified atom stereocenters. The van der Waals surface area contributed by atoms with Gasteiger partial charge in [-0.15, -0.1) is 0 Å². The number of hydrogen-bond donors (Lipinski definition) is 0. The lowest BCUT2D eigenvalue weighted by atomic mass is 10.1. The highest BCUT2D eigenvalue weighted by Gasteiger charge is 1.94. The fraction of sp³-hybridized carbons (Fsp3) is 0.933. The maximum absolute atomic E-state index is 5.40. The first-order chi connectivity index (χ1) is 7.77. The van der Waals surface area contributed by atoms with Crippen molar-refractivity contribution in [2.75, 3.05) is 6.61 Å². The Morgan fingerprint density at radius 2 is 1.25 bits per heavy atom. The van der Waals surface area contributed by atoms with Crippen LogP contribution in [0.1, 0.15) is 78.1 Å². The minimum absolute atomic E-state index is 0.151. The van der Waals surface area contributed by atoms with Gasteiger partial charge in [-0.25, -0.2) is 0 Å². The molecule has 0 heterocycles. The van der Waals surface area contributed by atoms with E-state index in [1.54, 1.807) is 0 Å². The quantitative estimate of drug-likeness (QED) is 0.419. The number of rotatable bonds is 12. The molecule has 0 saturated heterocycles. The van der Waals surface area contributed by atoms with Crippen LogP contribution in [0.4, 0.5) is 0 Å². The van der Waals surface area contributed by atoms with E-state index >= 15 is 0 Å². The summed E-state index contributed by atoms with van der Waals surface area (Å²) >= 11 is 0. The van der Waals surface area contributed by atoms with Gasteiger partial charge in [0.2, 0.25) is 0 Å². The lowest BCUT2D eigenvalue weighted by Crippen LogP contribution is -2.03. The van der Waals surface area contributed by atoms with E-state index in [0.29, 0.717) is 0 Å². The molecule has 16 heavy (non-hydrogen) atoms.